The molecule has 0 atom stereocenters. The van der Waals surface area contributed by atoms with Crippen LogP contribution in [-0.4, -0.2) is 17.6 Å². The maximum absolute atomic E-state index is 10.7. The molecule has 3 nitrogen and oxygen atoms in total. The van der Waals surface area contributed by atoms with Crippen LogP contribution in [0.5, 0.6) is 0 Å². The van der Waals surface area contributed by atoms with Gasteiger partial charge in [0.1, 0.15) is 0 Å². The maximum atomic E-state index is 10.7. The van der Waals surface area contributed by atoms with Gasteiger partial charge in [-0.25, -0.2) is 4.79 Å². The highest BCUT2D eigenvalue weighted by molar-refractivity contribution is 9.10. The molecular formula is C12H16BrNO2. The summed E-state index contributed by atoms with van der Waals surface area (Å²) in [5.41, 5.74) is 1.23. The molecule has 0 saturated carbocycles. The Morgan fingerprint density at radius 2 is 2.19 bits per heavy atom. The summed E-state index contributed by atoms with van der Waals surface area (Å²) < 4.78 is 0.788. The van der Waals surface area contributed by atoms with Crippen LogP contribution >= 0.6 is 15.9 Å². The first-order valence-corrected chi connectivity index (χ1v) is 6.06. The summed E-state index contributed by atoms with van der Waals surface area (Å²) in [5.74, 6) is -0.251. The Labute approximate surface area is 104 Å². The van der Waals surface area contributed by atoms with Crippen molar-refractivity contribution in [2.75, 3.05) is 11.9 Å². The van der Waals surface area contributed by atoms with Gasteiger partial charge >= 0.3 is 5.97 Å². The van der Waals surface area contributed by atoms with Gasteiger partial charge in [0.2, 0.25) is 0 Å². The molecule has 16 heavy (non-hydrogen) atoms. The third kappa shape index (κ3) is 3.85. The van der Waals surface area contributed by atoms with Crippen LogP contribution in [0.2, 0.25) is 0 Å². The van der Waals surface area contributed by atoms with Crippen LogP contribution in [0.4, 0.5) is 5.69 Å². The number of aromatic carboxylic acids is 1. The molecular weight excluding hydrogens is 270 g/mol. The fourth-order valence-electron chi connectivity index (χ4n) is 1.29. The van der Waals surface area contributed by atoms with Gasteiger partial charge in [-0.15, -0.1) is 0 Å². The highest BCUT2D eigenvalue weighted by atomic mass is 79.9. The number of benzene rings is 1. The van der Waals surface area contributed by atoms with Gasteiger partial charge in [-0.05, 0) is 46.5 Å². The SMILES string of the molecule is CC(C)CCNc1ccc(C(=O)O)cc1Br. The summed E-state index contributed by atoms with van der Waals surface area (Å²) >= 11 is 3.36. The summed E-state index contributed by atoms with van der Waals surface area (Å²) in [6, 6.07) is 5.00. The van der Waals surface area contributed by atoms with Gasteiger partial charge in [0.25, 0.3) is 0 Å². The highest BCUT2D eigenvalue weighted by Crippen LogP contribution is 2.23. The minimum atomic E-state index is -0.908. The molecule has 1 rings (SSSR count). The molecule has 0 radical (unpaired) electrons. The third-order valence-corrected chi connectivity index (χ3v) is 2.91. The van der Waals surface area contributed by atoms with Crippen molar-refractivity contribution in [3.63, 3.8) is 0 Å². The molecule has 0 heterocycles. The summed E-state index contributed by atoms with van der Waals surface area (Å²) in [6.07, 6.45) is 1.09. The van der Waals surface area contributed by atoms with Gasteiger partial charge in [-0.3, -0.25) is 0 Å². The van der Waals surface area contributed by atoms with E-state index in [0.29, 0.717) is 11.5 Å². The van der Waals surface area contributed by atoms with Crippen molar-refractivity contribution in [3.05, 3.63) is 28.2 Å². The van der Waals surface area contributed by atoms with Crippen molar-refractivity contribution in [3.8, 4) is 0 Å². The number of halogens is 1. The third-order valence-electron chi connectivity index (χ3n) is 2.25. The molecule has 0 spiro atoms. The summed E-state index contributed by atoms with van der Waals surface area (Å²) in [7, 11) is 0. The Balaban J connectivity index is 2.64. The molecule has 0 bridgehead atoms. The van der Waals surface area contributed by atoms with Crippen LogP contribution in [0.1, 0.15) is 30.6 Å². The van der Waals surface area contributed by atoms with E-state index >= 15 is 0 Å². The average Bonchev–Trinajstić information content (AvgIpc) is 2.19. The van der Waals surface area contributed by atoms with Crippen LogP contribution in [0.25, 0.3) is 0 Å². The Bertz CT molecular complexity index is 377. The number of rotatable bonds is 5. The van der Waals surface area contributed by atoms with Crippen molar-refractivity contribution in [2.24, 2.45) is 5.92 Å². The average molecular weight is 286 g/mol. The number of anilines is 1. The lowest BCUT2D eigenvalue weighted by atomic mass is 10.1. The van der Waals surface area contributed by atoms with Crippen LogP contribution < -0.4 is 5.32 Å². The number of carbonyl (C=O) groups is 1. The Kier molecular flexibility index (Phi) is 4.80. The Morgan fingerprint density at radius 1 is 1.50 bits per heavy atom. The smallest absolute Gasteiger partial charge is 0.335 e. The van der Waals surface area contributed by atoms with E-state index in [1.54, 1.807) is 18.2 Å². The van der Waals surface area contributed by atoms with Crippen molar-refractivity contribution < 1.29 is 9.90 Å². The van der Waals surface area contributed by atoms with Gasteiger partial charge in [0.15, 0.2) is 0 Å². The topological polar surface area (TPSA) is 49.3 Å². The van der Waals surface area contributed by atoms with Crippen molar-refractivity contribution in [1.82, 2.24) is 0 Å². The van der Waals surface area contributed by atoms with E-state index in [2.05, 4.69) is 35.1 Å². The molecule has 0 saturated heterocycles. The van der Waals surface area contributed by atoms with Gasteiger partial charge < -0.3 is 10.4 Å². The molecule has 0 aliphatic heterocycles. The van der Waals surface area contributed by atoms with Crippen molar-refractivity contribution in [1.29, 1.82) is 0 Å². The lowest BCUT2D eigenvalue weighted by Gasteiger charge is -2.10. The summed E-state index contributed by atoms with van der Waals surface area (Å²) in [6.45, 7) is 5.23. The predicted molar refractivity (Wildman–Crippen MR) is 69.0 cm³/mol. The number of carboxylic acids is 1. The minimum Gasteiger partial charge on any atom is -0.478 e. The van der Waals surface area contributed by atoms with Gasteiger partial charge in [0.05, 0.1) is 5.56 Å². The largest absolute Gasteiger partial charge is 0.478 e. The number of hydrogen-bond donors (Lipinski definition) is 2. The van der Waals surface area contributed by atoms with E-state index in [1.807, 2.05) is 0 Å². The first-order chi connectivity index (χ1) is 7.50. The Hall–Kier alpha value is -1.03. The molecule has 88 valence electrons. The summed E-state index contributed by atoms with van der Waals surface area (Å²) in [5, 5.41) is 12.1. The van der Waals surface area contributed by atoms with Crippen LogP contribution in [0, 0.1) is 5.92 Å². The number of carboxylic acid groups (broad SMARTS) is 1. The van der Waals surface area contributed by atoms with E-state index in [4.69, 9.17) is 5.11 Å². The monoisotopic (exact) mass is 285 g/mol. The zero-order chi connectivity index (χ0) is 12.1. The first-order valence-electron chi connectivity index (χ1n) is 5.27. The second-order valence-electron chi connectivity index (χ2n) is 4.11. The lowest BCUT2D eigenvalue weighted by molar-refractivity contribution is 0.0697. The van der Waals surface area contributed by atoms with Crippen LogP contribution in [0.3, 0.4) is 0 Å². The molecule has 2 N–H and O–H groups in total. The molecule has 0 fully saturated rings. The normalized spacial score (nSPS) is 10.5. The Morgan fingerprint density at radius 3 is 2.69 bits per heavy atom. The number of nitrogens with one attached hydrogen (secondary N) is 1. The van der Waals surface area contributed by atoms with Crippen molar-refractivity contribution >= 4 is 27.6 Å². The van der Waals surface area contributed by atoms with E-state index in [1.165, 1.54) is 0 Å². The molecule has 0 aliphatic carbocycles. The first kappa shape index (κ1) is 13.0. The second kappa shape index (κ2) is 5.89. The minimum absolute atomic E-state index is 0.293. The van der Waals surface area contributed by atoms with Gasteiger partial charge in [-0.1, -0.05) is 13.8 Å². The van der Waals surface area contributed by atoms with E-state index in [9.17, 15) is 4.79 Å². The number of hydrogen-bond acceptors (Lipinski definition) is 2. The second-order valence-corrected chi connectivity index (χ2v) is 4.96. The standard InChI is InChI=1S/C12H16BrNO2/c1-8(2)5-6-14-11-4-3-9(12(15)16)7-10(11)13/h3-4,7-8,14H,5-6H2,1-2H3,(H,15,16). The zero-order valence-electron chi connectivity index (χ0n) is 9.46. The molecule has 0 aliphatic rings. The van der Waals surface area contributed by atoms with E-state index in [-0.39, 0.29) is 0 Å². The van der Waals surface area contributed by atoms with E-state index < -0.39 is 5.97 Å². The highest BCUT2D eigenvalue weighted by Gasteiger charge is 2.06. The molecule has 4 heteroatoms. The molecule has 0 aromatic heterocycles. The fraction of sp³-hybridized carbons (Fsp3) is 0.417. The van der Waals surface area contributed by atoms with Crippen molar-refractivity contribution in [2.45, 2.75) is 20.3 Å². The summed E-state index contributed by atoms with van der Waals surface area (Å²) in [4.78, 5) is 10.7. The van der Waals surface area contributed by atoms with Gasteiger partial charge in [-0.2, -0.15) is 0 Å². The van der Waals surface area contributed by atoms with Crippen LogP contribution in [-0.2, 0) is 0 Å². The zero-order valence-corrected chi connectivity index (χ0v) is 11.0. The van der Waals surface area contributed by atoms with Gasteiger partial charge in [0, 0.05) is 16.7 Å². The molecule has 0 amide bonds. The molecule has 1 aromatic carbocycles. The fourth-order valence-corrected chi connectivity index (χ4v) is 1.81. The quantitative estimate of drug-likeness (QED) is 0.869. The van der Waals surface area contributed by atoms with E-state index in [0.717, 1.165) is 23.1 Å². The lowest BCUT2D eigenvalue weighted by Crippen LogP contribution is -2.06. The molecule has 0 unspecified atom stereocenters. The predicted octanol–water partition coefficient (Wildman–Crippen LogP) is 3.61. The molecule has 1 aromatic rings. The van der Waals surface area contributed by atoms with Crippen LogP contribution in [0.15, 0.2) is 22.7 Å². The maximum Gasteiger partial charge on any atom is 0.335 e.